The van der Waals surface area contributed by atoms with Crippen molar-refractivity contribution in [1.82, 2.24) is 14.3 Å². The summed E-state index contributed by atoms with van der Waals surface area (Å²) in [5.74, 6) is 0.900. The maximum absolute atomic E-state index is 5.38. The van der Waals surface area contributed by atoms with Gasteiger partial charge >= 0.3 is 0 Å². The van der Waals surface area contributed by atoms with Crippen LogP contribution in [0.1, 0.15) is 5.82 Å². The van der Waals surface area contributed by atoms with Crippen LogP contribution < -0.4 is 4.90 Å². The van der Waals surface area contributed by atoms with Crippen molar-refractivity contribution in [1.29, 1.82) is 0 Å². The van der Waals surface area contributed by atoms with Gasteiger partial charge in [-0.05, 0) is 0 Å². The smallest absolute Gasteiger partial charge is 0.205 e. The lowest BCUT2D eigenvalue weighted by atomic mass is 10.1. The average Bonchev–Trinajstić information content (AvgIpc) is 2.84. The Balaban J connectivity index is 1.48. The van der Waals surface area contributed by atoms with E-state index >= 15 is 0 Å². The van der Waals surface area contributed by atoms with Gasteiger partial charge in [0.15, 0.2) is 0 Å². The highest BCUT2D eigenvalue weighted by Gasteiger charge is 2.34. The largest absolute Gasteiger partial charge is 0.384 e. The Hall–Kier alpha value is -0.760. The number of nitrogens with zero attached hydrogens (tertiary/aromatic N) is 4. The van der Waals surface area contributed by atoms with Crippen molar-refractivity contribution in [2.24, 2.45) is 0 Å². The minimum atomic E-state index is 0.662. The number of ether oxygens (including phenoxy) is 2. The highest BCUT2D eigenvalue weighted by atomic mass is 32.1. The molecule has 0 spiro atoms. The van der Waals surface area contributed by atoms with E-state index in [9.17, 15) is 0 Å². The normalized spacial score (nSPS) is 21.6. The Morgan fingerprint density at radius 2 is 2.16 bits per heavy atom. The molecule has 0 unspecified atom stereocenters. The summed E-state index contributed by atoms with van der Waals surface area (Å²) in [5.41, 5.74) is 0. The summed E-state index contributed by atoms with van der Waals surface area (Å²) in [7, 11) is 1.70. The summed E-state index contributed by atoms with van der Waals surface area (Å²) < 4.78 is 14.8. The van der Waals surface area contributed by atoms with Crippen LogP contribution in [-0.4, -0.2) is 73.4 Å². The molecule has 0 radical (unpaired) electrons. The molecule has 2 saturated heterocycles. The molecule has 0 aromatic carbocycles. The predicted octanol–water partition coefficient (Wildman–Crippen LogP) is 0.248. The third-order valence-corrected chi connectivity index (χ3v) is 4.50. The number of hydrogen-bond acceptors (Lipinski definition) is 7. The maximum atomic E-state index is 5.38. The van der Waals surface area contributed by atoms with E-state index in [0.717, 1.165) is 56.8 Å². The highest BCUT2D eigenvalue weighted by Crippen LogP contribution is 2.25. The minimum absolute atomic E-state index is 0.662. The number of anilines is 1. The van der Waals surface area contributed by atoms with E-state index in [-0.39, 0.29) is 0 Å². The van der Waals surface area contributed by atoms with E-state index < -0.39 is 0 Å². The molecule has 3 rings (SSSR count). The van der Waals surface area contributed by atoms with E-state index in [4.69, 9.17) is 9.47 Å². The third-order valence-electron chi connectivity index (χ3n) is 3.68. The van der Waals surface area contributed by atoms with Gasteiger partial charge in [0.05, 0.1) is 19.8 Å². The molecule has 1 aromatic heterocycles. The van der Waals surface area contributed by atoms with Crippen molar-refractivity contribution >= 4 is 16.7 Å². The molecule has 106 valence electrons. The van der Waals surface area contributed by atoms with Crippen LogP contribution >= 0.6 is 11.5 Å². The molecule has 0 bridgehead atoms. The van der Waals surface area contributed by atoms with Gasteiger partial charge in [-0.3, -0.25) is 4.90 Å². The number of hydrogen-bond donors (Lipinski definition) is 0. The van der Waals surface area contributed by atoms with Crippen LogP contribution in [0.3, 0.4) is 0 Å². The van der Waals surface area contributed by atoms with E-state index in [0.29, 0.717) is 12.6 Å². The summed E-state index contributed by atoms with van der Waals surface area (Å²) in [4.78, 5) is 9.39. The standard InChI is InChI=1S/C12H20N4O2S/c1-17-5-2-11-13-12(19-14-11)16-8-10(9-16)15-3-6-18-7-4-15/h10H,2-9H2,1H3. The lowest BCUT2D eigenvalue weighted by molar-refractivity contribution is 0.0105. The molecular formula is C12H20N4O2S. The van der Waals surface area contributed by atoms with Gasteiger partial charge in [0.1, 0.15) is 5.82 Å². The number of rotatable bonds is 5. The topological polar surface area (TPSA) is 50.7 Å². The quantitative estimate of drug-likeness (QED) is 0.772. The SMILES string of the molecule is COCCc1nsc(N2CC(N3CCOCC3)C2)n1. The fourth-order valence-corrected chi connectivity index (χ4v) is 3.18. The van der Waals surface area contributed by atoms with Gasteiger partial charge in [-0.15, -0.1) is 0 Å². The predicted molar refractivity (Wildman–Crippen MR) is 73.9 cm³/mol. The van der Waals surface area contributed by atoms with Crippen LogP contribution in [0, 0.1) is 0 Å². The lowest BCUT2D eigenvalue weighted by Gasteiger charge is -2.46. The minimum Gasteiger partial charge on any atom is -0.384 e. The molecule has 0 atom stereocenters. The van der Waals surface area contributed by atoms with Gasteiger partial charge < -0.3 is 14.4 Å². The Morgan fingerprint density at radius 1 is 1.37 bits per heavy atom. The molecule has 3 heterocycles. The van der Waals surface area contributed by atoms with Crippen molar-refractivity contribution in [2.75, 3.05) is 58.0 Å². The number of methoxy groups -OCH3 is 1. The second-order valence-corrected chi connectivity index (χ2v) is 5.67. The third kappa shape index (κ3) is 3.05. The van der Waals surface area contributed by atoms with Crippen LogP contribution in [0.5, 0.6) is 0 Å². The number of aromatic nitrogens is 2. The molecule has 2 aliphatic rings. The summed E-state index contributed by atoms with van der Waals surface area (Å²) in [5, 5.41) is 1.05. The van der Waals surface area contributed by atoms with Crippen LogP contribution in [0.15, 0.2) is 0 Å². The fraction of sp³-hybridized carbons (Fsp3) is 0.833. The van der Waals surface area contributed by atoms with Crippen molar-refractivity contribution < 1.29 is 9.47 Å². The average molecular weight is 284 g/mol. The monoisotopic (exact) mass is 284 g/mol. The molecule has 7 heteroatoms. The van der Waals surface area contributed by atoms with E-state index in [1.54, 1.807) is 7.11 Å². The molecule has 6 nitrogen and oxygen atoms in total. The maximum Gasteiger partial charge on any atom is 0.205 e. The van der Waals surface area contributed by atoms with Crippen molar-refractivity contribution in [3.8, 4) is 0 Å². The van der Waals surface area contributed by atoms with Gasteiger partial charge in [0, 0.05) is 57.3 Å². The summed E-state index contributed by atoms with van der Waals surface area (Å²) in [6.07, 6.45) is 0.799. The first-order chi connectivity index (χ1) is 9.36. The zero-order chi connectivity index (χ0) is 13.1. The summed E-state index contributed by atoms with van der Waals surface area (Å²) in [6, 6.07) is 0.662. The first kappa shape index (κ1) is 13.2. The zero-order valence-corrected chi connectivity index (χ0v) is 12.1. The van der Waals surface area contributed by atoms with E-state index in [1.807, 2.05) is 0 Å². The summed E-state index contributed by atoms with van der Waals surface area (Å²) in [6.45, 7) is 6.69. The molecule has 0 N–H and O–H groups in total. The molecule has 19 heavy (non-hydrogen) atoms. The van der Waals surface area contributed by atoms with Gasteiger partial charge in [0.25, 0.3) is 0 Å². The molecule has 2 aliphatic heterocycles. The molecule has 0 aliphatic carbocycles. The molecule has 1 aromatic rings. The Morgan fingerprint density at radius 3 is 2.89 bits per heavy atom. The first-order valence-electron chi connectivity index (χ1n) is 6.75. The Labute approximate surface area is 117 Å². The van der Waals surface area contributed by atoms with Crippen LogP contribution in [0.25, 0.3) is 0 Å². The second kappa shape index (κ2) is 6.13. The second-order valence-electron chi connectivity index (χ2n) is 4.94. The van der Waals surface area contributed by atoms with Gasteiger partial charge in [-0.25, -0.2) is 4.98 Å². The van der Waals surface area contributed by atoms with Gasteiger partial charge in [0.2, 0.25) is 5.13 Å². The Bertz CT molecular complexity index is 402. The summed E-state index contributed by atoms with van der Waals surface area (Å²) >= 11 is 1.50. The Kier molecular flexibility index (Phi) is 4.27. The van der Waals surface area contributed by atoms with E-state index in [1.165, 1.54) is 11.5 Å². The lowest BCUT2D eigenvalue weighted by Crippen LogP contribution is -2.61. The number of morpholine rings is 1. The van der Waals surface area contributed by atoms with E-state index in [2.05, 4.69) is 19.2 Å². The van der Waals surface area contributed by atoms with Gasteiger partial charge in [-0.2, -0.15) is 4.37 Å². The molecule has 2 fully saturated rings. The van der Waals surface area contributed by atoms with Crippen LogP contribution in [0.4, 0.5) is 5.13 Å². The molecule has 0 saturated carbocycles. The van der Waals surface area contributed by atoms with Crippen molar-refractivity contribution in [2.45, 2.75) is 12.5 Å². The van der Waals surface area contributed by atoms with Crippen molar-refractivity contribution in [3.63, 3.8) is 0 Å². The van der Waals surface area contributed by atoms with Crippen molar-refractivity contribution in [3.05, 3.63) is 5.82 Å². The highest BCUT2D eigenvalue weighted by molar-refractivity contribution is 7.09. The zero-order valence-electron chi connectivity index (χ0n) is 11.2. The molecular weight excluding hydrogens is 264 g/mol. The van der Waals surface area contributed by atoms with Crippen LogP contribution in [0.2, 0.25) is 0 Å². The van der Waals surface area contributed by atoms with Gasteiger partial charge in [-0.1, -0.05) is 0 Å². The first-order valence-corrected chi connectivity index (χ1v) is 7.52. The fourth-order valence-electron chi connectivity index (χ4n) is 2.45. The van der Waals surface area contributed by atoms with Crippen LogP contribution in [-0.2, 0) is 15.9 Å². The molecule has 0 amide bonds.